The number of amides is 1. The van der Waals surface area contributed by atoms with Gasteiger partial charge < -0.3 is 20.5 Å². The molecule has 0 bridgehead atoms. The lowest BCUT2D eigenvalue weighted by Crippen LogP contribution is -2.48. The minimum Gasteiger partial charge on any atom is -0.480 e. The van der Waals surface area contributed by atoms with Crippen molar-refractivity contribution in [3.05, 3.63) is 0 Å². The molecule has 3 N–H and O–H groups in total. The lowest BCUT2D eigenvalue weighted by molar-refractivity contribution is -0.144. The fraction of sp³-hybridized carbons (Fsp3) is 0.727. The molecule has 0 spiro atoms. The highest BCUT2D eigenvalue weighted by Crippen LogP contribution is 2.06. The van der Waals surface area contributed by atoms with Crippen molar-refractivity contribution in [2.75, 3.05) is 13.7 Å². The van der Waals surface area contributed by atoms with Crippen molar-refractivity contribution in [2.45, 2.75) is 37.8 Å². The van der Waals surface area contributed by atoms with Crippen LogP contribution in [0.4, 0.5) is 0 Å². The van der Waals surface area contributed by atoms with Crippen LogP contribution in [0.5, 0.6) is 0 Å². The van der Waals surface area contributed by atoms with Crippen molar-refractivity contribution >= 4 is 17.8 Å². The fourth-order valence-electron chi connectivity index (χ4n) is 1.80. The molecule has 1 saturated heterocycles. The van der Waals surface area contributed by atoms with Crippen molar-refractivity contribution in [1.82, 2.24) is 10.6 Å². The molecule has 1 aliphatic heterocycles. The Morgan fingerprint density at radius 1 is 1.50 bits per heavy atom. The van der Waals surface area contributed by atoms with E-state index in [4.69, 9.17) is 5.11 Å². The monoisotopic (exact) mass is 258 g/mol. The topological polar surface area (TPSA) is 105 Å². The number of hydrogen-bond acceptors (Lipinski definition) is 5. The molecule has 0 radical (unpaired) electrons. The van der Waals surface area contributed by atoms with Crippen LogP contribution in [-0.4, -0.2) is 48.7 Å². The van der Waals surface area contributed by atoms with E-state index in [-0.39, 0.29) is 24.8 Å². The number of carboxylic acid groups (broad SMARTS) is 1. The van der Waals surface area contributed by atoms with Gasteiger partial charge in [0.15, 0.2) is 0 Å². The predicted octanol–water partition coefficient (Wildman–Crippen LogP) is -0.739. The maximum absolute atomic E-state index is 11.7. The average molecular weight is 258 g/mol. The Morgan fingerprint density at radius 3 is 2.72 bits per heavy atom. The summed E-state index contributed by atoms with van der Waals surface area (Å²) in [6, 6.07) is -1.39. The number of carbonyl (C=O) groups excluding carboxylic acids is 2. The third-order valence-electron chi connectivity index (χ3n) is 2.86. The van der Waals surface area contributed by atoms with Crippen LogP contribution in [0.25, 0.3) is 0 Å². The summed E-state index contributed by atoms with van der Waals surface area (Å²) in [6.45, 7) is 0.762. The van der Waals surface area contributed by atoms with Gasteiger partial charge in [0.05, 0.1) is 13.2 Å². The van der Waals surface area contributed by atoms with Gasteiger partial charge in [0, 0.05) is 6.42 Å². The lowest BCUT2D eigenvalue weighted by Gasteiger charge is -2.17. The second-order valence-corrected chi connectivity index (χ2v) is 4.16. The minimum absolute atomic E-state index is 0.0282. The van der Waals surface area contributed by atoms with Crippen molar-refractivity contribution in [3.63, 3.8) is 0 Å². The number of carbonyl (C=O) groups is 3. The first-order valence-corrected chi connectivity index (χ1v) is 5.88. The summed E-state index contributed by atoms with van der Waals surface area (Å²) in [5, 5.41) is 14.4. The summed E-state index contributed by atoms with van der Waals surface area (Å²) in [4.78, 5) is 33.6. The average Bonchev–Trinajstić information content (AvgIpc) is 2.87. The number of carboxylic acids is 1. The second kappa shape index (κ2) is 6.95. The highest BCUT2D eigenvalue weighted by molar-refractivity contribution is 5.87. The first kappa shape index (κ1) is 14.4. The van der Waals surface area contributed by atoms with E-state index in [0.717, 1.165) is 13.0 Å². The van der Waals surface area contributed by atoms with Crippen LogP contribution in [0.3, 0.4) is 0 Å². The molecule has 1 rings (SSSR count). The molecule has 1 heterocycles. The zero-order valence-electron chi connectivity index (χ0n) is 10.3. The van der Waals surface area contributed by atoms with E-state index in [0.29, 0.717) is 6.42 Å². The first-order chi connectivity index (χ1) is 8.54. The van der Waals surface area contributed by atoms with Crippen LogP contribution in [0.1, 0.15) is 25.7 Å². The van der Waals surface area contributed by atoms with Crippen molar-refractivity contribution in [3.8, 4) is 0 Å². The van der Waals surface area contributed by atoms with Crippen LogP contribution in [0, 0.1) is 0 Å². The molecule has 18 heavy (non-hydrogen) atoms. The highest BCUT2D eigenvalue weighted by atomic mass is 16.5. The maximum Gasteiger partial charge on any atom is 0.326 e. The number of hydrogen-bond donors (Lipinski definition) is 3. The van der Waals surface area contributed by atoms with Gasteiger partial charge in [-0.05, 0) is 25.8 Å². The molecule has 1 amide bonds. The van der Waals surface area contributed by atoms with E-state index in [9.17, 15) is 14.4 Å². The highest BCUT2D eigenvalue weighted by Gasteiger charge is 2.27. The summed E-state index contributed by atoms with van der Waals surface area (Å²) in [5.74, 6) is -1.97. The van der Waals surface area contributed by atoms with Gasteiger partial charge in [-0.2, -0.15) is 0 Å². The van der Waals surface area contributed by atoms with Gasteiger partial charge in [-0.15, -0.1) is 0 Å². The summed E-state index contributed by atoms with van der Waals surface area (Å²) in [7, 11) is 1.24. The molecule has 1 fully saturated rings. The molecule has 0 aromatic heterocycles. The largest absolute Gasteiger partial charge is 0.480 e. The van der Waals surface area contributed by atoms with Crippen molar-refractivity contribution in [1.29, 1.82) is 0 Å². The molecular weight excluding hydrogens is 240 g/mol. The van der Waals surface area contributed by atoms with Crippen LogP contribution in [0.15, 0.2) is 0 Å². The van der Waals surface area contributed by atoms with Gasteiger partial charge in [-0.3, -0.25) is 9.59 Å². The predicted molar refractivity (Wildman–Crippen MR) is 61.8 cm³/mol. The molecule has 102 valence electrons. The van der Waals surface area contributed by atoms with Gasteiger partial charge in [0.25, 0.3) is 0 Å². The Balaban J connectivity index is 2.44. The normalized spacial score (nSPS) is 20.2. The number of aliphatic carboxylic acids is 1. The number of esters is 1. The lowest BCUT2D eigenvalue weighted by atomic mass is 10.1. The molecule has 0 unspecified atom stereocenters. The summed E-state index contributed by atoms with van der Waals surface area (Å²) in [5.41, 5.74) is 0. The van der Waals surface area contributed by atoms with E-state index in [1.165, 1.54) is 7.11 Å². The molecule has 0 aromatic rings. The van der Waals surface area contributed by atoms with Gasteiger partial charge in [-0.1, -0.05) is 0 Å². The standard InChI is InChI=1S/C11H18N2O5/c1-18-9(14)5-4-8(11(16)17)13-10(15)7-3-2-6-12-7/h7-8,12H,2-6H2,1H3,(H,13,15)(H,16,17)/t7-,8-/m1/s1. The zero-order valence-corrected chi connectivity index (χ0v) is 10.3. The van der Waals surface area contributed by atoms with E-state index < -0.39 is 18.0 Å². The van der Waals surface area contributed by atoms with Crippen LogP contribution in [0.2, 0.25) is 0 Å². The number of rotatable bonds is 6. The minimum atomic E-state index is -1.15. The molecule has 7 heteroatoms. The summed E-state index contributed by atoms with van der Waals surface area (Å²) >= 11 is 0. The van der Waals surface area contributed by atoms with Gasteiger partial charge >= 0.3 is 11.9 Å². The van der Waals surface area contributed by atoms with E-state index >= 15 is 0 Å². The fourth-order valence-corrected chi connectivity index (χ4v) is 1.80. The Labute approximate surface area is 105 Å². The van der Waals surface area contributed by atoms with E-state index in [2.05, 4.69) is 15.4 Å². The second-order valence-electron chi connectivity index (χ2n) is 4.16. The van der Waals surface area contributed by atoms with Gasteiger partial charge in [0.2, 0.25) is 5.91 Å². The SMILES string of the molecule is COC(=O)CC[C@@H](NC(=O)[C@H]1CCCN1)C(=O)O. The summed E-state index contributed by atoms with van der Waals surface area (Å²) in [6.07, 6.45) is 1.60. The molecule has 0 aliphatic carbocycles. The van der Waals surface area contributed by atoms with Crippen molar-refractivity contribution in [2.24, 2.45) is 0 Å². The number of ether oxygens (including phenoxy) is 1. The van der Waals surface area contributed by atoms with Crippen LogP contribution in [-0.2, 0) is 19.1 Å². The Kier molecular flexibility index (Phi) is 5.57. The van der Waals surface area contributed by atoms with Crippen LogP contribution >= 0.6 is 0 Å². The van der Waals surface area contributed by atoms with Crippen molar-refractivity contribution < 1.29 is 24.2 Å². The van der Waals surface area contributed by atoms with Crippen LogP contribution < -0.4 is 10.6 Å². The third-order valence-corrected chi connectivity index (χ3v) is 2.86. The zero-order chi connectivity index (χ0) is 13.5. The molecule has 0 saturated carbocycles. The Bertz CT molecular complexity index is 325. The number of methoxy groups -OCH3 is 1. The third kappa shape index (κ3) is 4.33. The van der Waals surface area contributed by atoms with Gasteiger partial charge in [0.1, 0.15) is 6.04 Å². The molecule has 0 aromatic carbocycles. The maximum atomic E-state index is 11.7. The smallest absolute Gasteiger partial charge is 0.326 e. The van der Waals surface area contributed by atoms with Gasteiger partial charge in [-0.25, -0.2) is 4.79 Å². The Morgan fingerprint density at radius 2 is 2.22 bits per heavy atom. The van der Waals surface area contributed by atoms with E-state index in [1.54, 1.807) is 0 Å². The first-order valence-electron chi connectivity index (χ1n) is 5.88. The summed E-state index contributed by atoms with van der Waals surface area (Å²) < 4.78 is 4.43. The molecule has 1 aliphatic rings. The number of nitrogens with one attached hydrogen (secondary N) is 2. The quantitative estimate of drug-likeness (QED) is 0.542. The Hall–Kier alpha value is -1.63. The molecule has 2 atom stereocenters. The molecular formula is C11H18N2O5. The molecule has 7 nitrogen and oxygen atoms in total. The van der Waals surface area contributed by atoms with E-state index in [1.807, 2.05) is 0 Å².